The molecule has 1 aliphatic heterocycles. The van der Waals surface area contributed by atoms with E-state index in [4.69, 9.17) is 4.74 Å². The molecule has 1 aliphatic rings. The minimum atomic E-state index is -3.57. The molecular weight excluding hydrogens is 357 g/mol. The predicted octanol–water partition coefficient (Wildman–Crippen LogP) is 2.91. The molecule has 0 spiro atoms. The van der Waals surface area contributed by atoms with Crippen LogP contribution in [0.25, 0.3) is 0 Å². The van der Waals surface area contributed by atoms with Crippen molar-refractivity contribution >= 4 is 15.7 Å². The van der Waals surface area contributed by atoms with Crippen LogP contribution in [-0.4, -0.2) is 43.7 Å². The van der Waals surface area contributed by atoms with Crippen molar-refractivity contribution < 1.29 is 22.3 Å². The maximum absolute atomic E-state index is 13.0. The molecule has 138 valence electrons. The Morgan fingerprint density at radius 2 is 1.65 bits per heavy atom. The zero-order valence-electron chi connectivity index (χ0n) is 14.6. The highest BCUT2D eigenvalue weighted by molar-refractivity contribution is 7.92. The first-order valence-electron chi connectivity index (χ1n) is 8.33. The molecule has 0 bridgehead atoms. The number of hydrogen-bond acceptors (Lipinski definition) is 4. The van der Waals surface area contributed by atoms with Gasteiger partial charge in [-0.05, 0) is 62.4 Å². The van der Waals surface area contributed by atoms with E-state index < -0.39 is 20.9 Å². The first kappa shape index (κ1) is 18.4. The smallest absolute Gasteiger partial charge is 0.253 e. The summed E-state index contributed by atoms with van der Waals surface area (Å²) >= 11 is 0. The van der Waals surface area contributed by atoms with E-state index in [1.807, 2.05) is 13.8 Å². The lowest BCUT2D eigenvalue weighted by atomic mass is 10.1. The second kappa shape index (κ2) is 7.07. The molecule has 0 aromatic heterocycles. The standard InChI is InChI=1S/C19H20FNO4S/c1-13(2)25-16-7-3-14(4-8-16)19(22)21-11-18(12-21)26(23,24)17-9-5-15(20)6-10-17/h3-10,13,18H,11-12H2,1-2H3. The Balaban J connectivity index is 1.63. The van der Waals surface area contributed by atoms with Crippen molar-refractivity contribution in [3.63, 3.8) is 0 Å². The van der Waals surface area contributed by atoms with Gasteiger partial charge in [-0.1, -0.05) is 0 Å². The van der Waals surface area contributed by atoms with Crippen LogP contribution in [0.2, 0.25) is 0 Å². The summed E-state index contributed by atoms with van der Waals surface area (Å²) in [6, 6.07) is 11.5. The Hall–Kier alpha value is -2.41. The highest BCUT2D eigenvalue weighted by Crippen LogP contribution is 2.26. The van der Waals surface area contributed by atoms with Gasteiger partial charge in [0.15, 0.2) is 9.84 Å². The van der Waals surface area contributed by atoms with Crippen molar-refractivity contribution in [3.05, 3.63) is 59.9 Å². The second-order valence-corrected chi connectivity index (χ2v) is 8.75. The summed E-state index contributed by atoms with van der Waals surface area (Å²) in [5.74, 6) is -0.0252. The van der Waals surface area contributed by atoms with Crippen molar-refractivity contribution in [1.29, 1.82) is 0 Å². The first-order chi connectivity index (χ1) is 12.3. The monoisotopic (exact) mass is 377 g/mol. The van der Waals surface area contributed by atoms with Crippen LogP contribution in [0.4, 0.5) is 4.39 Å². The van der Waals surface area contributed by atoms with Gasteiger partial charge in [-0.2, -0.15) is 0 Å². The number of likely N-dealkylation sites (tertiary alicyclic amines) is 1. The third-order valence-electron chi connectivity index (χ3n) is 4.19. The molecule has 1 fully saturated rings. The largest absolute Gasteiger partial charge is 0.491 e. The number of halogens is 1. The normalized spacial score (nSPS) is 15.0. The average Bonchev–Trinajstić information content (AvgIpc) is 2.53. The van der Waals surface area contributed by atoms with Gasteiger partial charge in [-0.15, -0.1) is 0 Å². The van der Waals surface area contributed by atoms with E-state index in [2.05, 4.69) is 0 Å². The number of carbonyl (C=O) groups is 1. The number of amides is 1. The van der Waals surface area contributed by atoms with Crippen molar-refractivity contribution in [2.24, 2.45) is 0 Å². The number of rotatable bonds is 5. The minimum Gasteiger partial charge on any atom is -0.491 e. The van der Waals surface area contributed by atoms with Gasteiger partial charge in [-0.3, -0.25) is 4.79 Å². The zero-order valence-corrected chi connectivity index (χ0v) is 15.4. The Bertz CT molecular complexity index is 886. The van der Waals surface area contributed by atoms with Gasteiger partial charge in [-0.25, -0.2) is 12.8 Å². The zero-order chi connectivity index (χ0) is 18.9. The number of benzene rings is 2. The van der Waals surface area contributed by atoms with E-state index in [1.54, 1.807) is 24.3 Å². The summed E-state index contributed by atoms with van der Waals surface area (Å²) in [6.45, 7) is 4.09. The molecule has 3 rings (SSSR count). The van der Waals surface area contributed by atoms with Crippen molar-refractivity contribution in [1.82, 2.24) is 4.90 Å². The average molecular weight is 377 g/mol. The molecule has 2 aromatic rings. The van der Waals surface area contributed by atoms with Gasteiger partial charge >= 0.3 is 0 Å². The highest BCUT2D eigenvalue weighted by atomic mass is 32.2. The van der Waals surface area contributed by atoms with Crippen LogP contribution in [-0.2, 0) is 9.84 Å². The molecule has 0 atom stereocenters. The fourth-order valence-electron chi connectivity index (χ4n) is 2.75. The van der Waals surface area contributed by atoms with Gasteiger partial charge in [0, 0.05) is 18.7 Å². The van der Waals surface area contributed by atoms with Crippen LogP contribution in [0.15, 0.2) is 53.4 Å². The van der Waals surface area contributed by atoms with Crippen LogP contribution in [0.1, 0.15) is 24.2 Å². The quantitative estimate of drug-likeness (QED) is 0.752. The molecule has 0 saturated carbocycles. The Morgan fingerprint density at radius 3 is 2.19 bits per heavy atom. The molecule has 7 heteroatoms. The lowest BCUT2D eigenvalue weighted by Gasteiger charge is -2.38. The second-order valence-electron chi connectivity index (χ2n) is 6.52. The molecule has 0 aliphatic carbocycles. The summed E-state index contributed by atoms with van der Waals surface area (Å²) in [4.78, 5) is 14.0. The van der Waals surface area contributed by atoms with Crippen molar-refractivity contribution in [3.8, 4) is 5.75 Å². The third-order valence-corrected chi connectivity index (χ3v) is 6.29. The van der Waals surface area contributed by atoms with Gasteiger partial charge in [0.25, 0.3) is 5.91 Å². The highest BCUT2D eigenvalue weighted by Gasteiger charge is 2.40. The molecule has 0 radical (unpaired) electrons. The minimum absolute atomic E-state index is 0.0457. The van der Waals surface area contributed by atoms with Crippen molar-refractivity contribution in [2.75, 3.05) is 13.1 Å². The van der Waals surface area contributed by atoms with Crippen LogP contribution in [0.5, 0.6) is 5.75 Å². The maximum Gasteiger partial charge on any atom is 0.253 e. The molecule has 1 heterocycles. The van der Waals surface area contributed by atoms with Crippen LogP contribution >= 0.6 is 0 Å². The van der Waals surface area contributed by atoms with Crippen LogP contribution in [0, 0.1) is 5.82 Å². The molecule has 1 saturated heterocycles. The van der Waals surface area contributed by atoms with E-state index in [9.17, 15) is 17.6 Å². The molecule has 0 unspecified atom stereocenters. The fourth-order valence-corrected chi connectivity index (χ4v) is 4.40. The van der Waals surface area contributed by atoms with E-state index >= 15 is 0 Å². The Kier molecular flexibility index (Phi) is 5.00. The number of nitrogens with zero attached hydrogens (tertiary/aromatic N) is 1. The predicted molar refractivity (Wildman–Crippen MR) is 95.5 cm³/mol. The van der Waals surface area contributed by atoms with Crippen molar-refractivity contribution in [2.45, 2.75) is 30.1 Å². The van der Waals surface area contributed by atoms with Gasteiger partial charge in [0.2, 0.25) is 0 Å². The molecular formula is C19H20FNO4S. The number of ether oxygens (including phenoxy) is 1. The number of carbonyl (C=O) groups excluding carboxylic acids is 1. The van der Waals surface area contributed by atoms with Gasteiger partial charge in [0.1, 0.15) is 16.8 Å². The molecule has 26 heavy (non-hydrogen) atoms. The Labute approximate surface area is 152 Å². The molecule has 2 aromatic carbocycles. The maximum atomic E-state index is 13.0. The molecule has 1 amide bonds. The molecule has 0 N–H and O–H groups in total. The van der Waals surface area contributed by atoms with E-state index in [0.29, 0.717) is 11.3 Å². The summed E-state index contributed by atoms with van der Waals surface area (Å²) in [5.41, 5.74) is 0.485. The lowest BCUT2D eigenvalue weighted by molar-refractivity contribution is 0.0659. The van der Waals surface area contributed by atoms with E-state index in [-0.39, 0.29) is 30.0 Å². The van der Waals surface area contributed by atoms with Crippen LogP contribution in [0.3, 0.4) is 0 Å². The summed E-state index contributed by atoms with van der Waals surface area (Å²) in [6.07, 6.45) is 0.0457. The first-order valence-corrected chi connectivity index (χ1v) is 9.87. The Morgan fingerprint density at radius 1 is 1.08 bits per heavy atom. The topological polar surface area (TPSA) is 63.7 Å². The SMILES string of the molecule is CC(C)Oc1ccc(C(=O)N2CC(S(=O)(=O)c3ccc(F)cc3)C2)cc1. The summed E-state index contributed by atoms with van der Waals surface area (Å²) in [5, 5.41) is -0.666. The summed E-state index contributed by atoms with van der Waals surface area (Å²) < 4.78 is 43.5. The summed E-state index contributed by atoms with van der Waals surface area (Å²) in [7, 11) is -3.57. The van der Waals surface area contributed by atoms with Crippen LogP contribution < -0.4 is 4.74 Å². The fraction of sp³-hybridized carbons (Fsp3) is 0.316. The number of hydrogen-bond donors (Lipinski definition) is 0. The van der Waals surface area contributed by atoms with E-state index in [1.165, 1.54) is 17.0 Å². The van der Waals surface area contributed by atoms with Gasteiger partial charge in [0.05, 0.1) is 11.0 Å². The van der Waals surface area contributed by atoms with E-state index in [0.717, 1.165) is 12.1 Å². The van der Waals surface area contributed by atoms with Gasteiger partial charge < -0.3 is 9.64 Å². The number of sulfone groups is 1. The third kappa shape index (κ3) is 3.72. The molecule has 5 nitrogen and oxygen atoms in total. The lowest BCUT2D eigenvalue weighted by Crippen LogP contribution is -2.56.